The molecule has 23 heavy (non-hydrogen) atoms. The molecule has 0 spiro atoms. The van der Waals surface area contributed by atoms with Crippen molar-refractivity contribution in [3.8, 4) is 0 Å². The Balaban J connectivity index is 1.41. The molecule has 1 fully saturated rings. The van der Waals surface area contributed by atoms with Crippen molar-refractivity contribution in [2.75, 3.05) is 6.61 Å². The Morgan fingerprint density at radius 3 is 2.70 bits per heavy atom. The third-order valence-electron chi connectivity index (χ3n) is 4.27. The third-order valence-corrected chi connectivity index (χ3v) is 5.28. The molecule has 0 saturated heterocycles. The normalized spacial score (nSPS) is 16.9. The molecular formula is C18H24N2O2S. The van der Waals surface area contributed by atoms with Gasteiger partial charge in [-0.25, -0.2) is 4.98 Å². The lowest BCUT2D eigenvalue weighted by molar-refractivity contribution is -0.126. The van der Waals surface area contributed by atoms with Gasteiger partial charge in [-0.05, 0) is 25.0 Å². The zero-order valence-corrected chi connectivity index (χ0v) is 14.2. The monoisotopic (exact) mass is 332 g/mol. The number of thiazole rings is 1. The van der Waals surface area contributed by atoms with Gasteiger partial charge in [-0.2, -0.15) is 0 Å². The van der Waals surface area contributed by atoms with E-state index < -0.39 is 0 Å². The number of rotatable bonds is 5. The molecule has 1 aliphatic carbocycles. The Kier molecular flexibility index (Phi) is 6.00. The van der Waals surface area contributed by atoms with Crippen molar-refractivity contribution in [1.82, 2.24) is 10.3 Å². The van der Waals surface area contributed by atoms with Gasteiger partial charge in [-0.15, -0.1) is 11.3 Å². The van der Waals surface area contributed by atoms with Crippen LogP contribution in [-0.4, -0.2) is 23.5 Å². The van der Waals surface area contributed by atoms with Gasteiger partial charge in [0, 0.05) is 6.04 Å². The number of carbonyl (C=O) groups is 1. The van der Waals surface area contributed by atoms with Gasteiger partial charge in [0.25, 0.3) is 0 Å². The average molecular weight is 332 g/mol. The second-order valence-electron chi connectivity index (χ2n) is 6.18. The van der Waals surface area contributed by atoms with E-state index >= 15 is 0 Å². The van der Waals surface area contributed by atoms with Crippen LogP contribution in [0.4, 0.5) is 0 Å². The van der Waals surface area contributed by atoms with E-state index in [-0.39, 0.29) is 12.5 Å². The van der Waals surface area contributed by atoms with Gasteiger partial charge in [-0.1, -0.05) is 44.2 Å². The number of hydrogen-bond donors (Lipinski definition) is 1. The molecule has 1 aromatic heterocycles. The van der Waals surface area contributed by atoms with Crippen molar-refractivity contribution in [2.24, 2.45) is 0 Å². The van der Waals surface area contributed by atoms with Gasteiger partial charge in [0.2, 0.25) is 5.91 Å². The molecule has 1 aromatic carbocycles. The van der Waals surface area contributed by atoms with Crippen molar-refractivity contribution < 1.29 is 9.53 Å². The number of ether oxygens (including phenoxy) is 1. The first-order valence-electron chi connectivity index (χ1n) is 8.53. The Labute approximate surface area is 141 Å². The van der Waals surface area contributed by atoms with Crippen LogP contribution in [-0.2, 0) is 16.1 Å². The smallest absolute Gasteiger partial charge is 0.246 e. The van der Waals surface area contributed by atoms with Crippen molar-refractivity contribution >= 4 is 27.5 Å². The molecule has 3 rings (SSSR count). The lowest BCUT2D eigenvalue weighted by atomic mass is 9.97. The summed E-state index contributed by atoms with van der Waals surface area (Å²) in [5, 5.41) is 4.04. The Bertz CT molecular complexity index is 600. The number of carbonyl (C=O) groups excluding carboxylic acids is 1. The average Bonchev–Trinajstić information content (AvgIpc) is 2.92. The van der Waals surface area contributed by atoms with Crippen LogP contribution in [0.2, 0.25) is 0 Å². The molecule has 1 amide bonds. The van der Waals surface area contributed by atoms with Crippen LogP contribution in [0.5, 0.6) is 0 Å². The summed E-state index contributed by atoms with van der Waals surface area (Å²) >= 11 is 1.62. The molecule has 124 valence electrons. The standard InChI is InChI=1S/C18H24N2O2S/c21-17(19-14-8-4-2-1-3-5-9-14)12-22-13-18-20-15-10-6-7-11-16(15)23-18/h6-7,10-11,14H,1-5,8-9,12-13H2,(H,19,21). The fourth-order valence-corrected chi connectivity index (χ4v) is 3.99. The van der Waals surface area contributed by atoms with Crippen LogP contribution in [0.3, 0.4) is 0 Å². The first-order valence-corrected chi connectivity index (χ1v) is 9.34. The van der Waals surface area contributed by atoms with E-state index in [2.05, 4.69) is 16.4 Å². The molecule has 4 nitrogen and oxygen atoms in total. The molecule has 0 aliphatic heterocycles. The topological polar surface area (TPSA) is 51.2 Å². The van der Waals surface area contributed by atoms with E-state index in [9.17, 15) is 4.79 Å². The van der Waals surface area contributed by atoms with Crippen LogP contribution < -0.4 is 5.32 Å². The third kappa shape index (κ3) is 5.01. The summed E-state index contributed by atoms with van der Waals surface area (Å²) in [5.74, 6) is -0.00307. The highest BCUT2D eigenvalue weighted by atomic mass is 32.1. The summed E-state index contributed by atoms with van der Waals surface area (Å²) in [6, 6.07) is 8.37. The highest BCUT2D eigenvalue weighted by Gasteiger charge is 2.14. The van der Waals surface area contributed by atoms with Crippen LogP contribution in [0.1, 0.15) is 50.0 Å². The maximum Gasteiger partial charge on any atom is 0.246 e. The number of aromatic nitrogens is 1. The molecule has 0 radical (unpaired) electrons. The summed E-state index contributed by atoms with van der Waals surface area (Å²) in [6.45, 7) is 0.518. The van der Waals surface area contributed by atoms with Crippen LogP contribution in [0, 0.1) is 0 Å². The second kappa shape index (κ2) is 8.41. The molecule has 0 bridgehead atoms. The number of fused-ring (bicyclic) bond motifs is 1. The van der Waals surface area contributed by atoms with Crippen LogP contribution >= 0.6 is 11.3 Å². The Hall–Kier alpha value is -1.46. The van der Waals surface area contributed by atoms with E-state index in [1.807, 2.05) is 18.2 Å². The van der Waals surface area contributed by atoms with Gasteiger partial charge < -0.3 is 10.1 Å². The largest absolute Gasteiger partial charge is 0.364 e. The fourth-order valence-electron chi connectivity index (χ4n) is 3.08. The summed E-state index contributed by atoms with van der Waals surface area (Å²) in [4.78, 5) is 16.5. The van der Waals surface area contributed by atoms with E-state index in [1.54, 1.807) is 11.3 Å². The van der Waals surface area contributed by atoms with E-state index in [0.29, 0.717) is 12.6 Å². The summed E-state index contributed by atoms with van der Waals surface area (Å²) in [5.41, 5.74) is 0.995. The first-order chi connectivity index (χ1) is 11.3. The predicted octanol–water partition coefficient (Wildman–Crippen LogP) is 4.04. The zero-order valence-electron chi connectivity index (χ0n) is 13.4. The van der Waals surface area contributed by atoms with Gasteiger partial charge >= 0.3 is 0 Å². The highest BCUT2D eigenvalue weighted by molar-refractivity contribution is 7.18. The number of benzene rings is 1. The minimum atomic E-state index is -0.00307. The first kappa shape index (κ1) is 16.4. The molecule has 1 N–H and O–H groups in total. The molecule has 2 aromatic rings. The Morgan fingerprint density at radius 2 is 1.91 bits per heavy atom. The molecule has 1 heterocycles. The maximum absolute atomic E-state index is 12.0. The van der Waals surface area contributed by atoms with Crippen LogP contribution in [0.25, 0.3) is 10.2 Å². The van der Waals surface area contributed by atoms with Gasteiger partial charge in [0.15, 0.2) is 0 Å². The van der Waals surface area contributed by atoms with E-state index in [1.165, 1.54) is 32.1 Å². The van der Waals surface area contributed by atoms with Gasteiger partial charge in [0.05, 0.1) is 16.8 Å². The molecule has 1 saturated carbocycles. The maximum atomic E-state index is 12.0. The quantitative estimate of drug-likeness (QED) is 0.899. The predicted molar refractivity (Wildman–Crippen MR) is 93.5 cm³/mol. The SMILES string of the molecule is O=C(COCc1nc2ccccc2s1)NC1CCCCCCC1. The highest BCUT2D eigenvalue weighted by Crippen LogP contribution is 2.22. The summed E-state index contributed by atoms with van der Waals surface area (Å²) < 4.78 is 6.70. The molecule has 0 unspecified atom stereocenters. The van der Waals surface area contributed by atoms with Crippen molar-refractivity contribution in [3.63, 3.8) is 0 Å². The zero-order chi connectivity index (χ0) is 15.9. The molecular weight excluding hydrogens is 308 g/mol. The van der Waals surface area contributed by atoms with Gasteiger partial charge in [-0.3, -0.25) is 4.79 Å². The number of nitrogens with one attached hydrogen (secondary N) is 1. The molecule has 0 atom stereocenters. The van der Waals surface area contributed by atoms with E-state index in [4.69, 9.17) is 4.74 Å². The Morgan fingerprint density at radius 1 is 1.17 bits per heavy atom. The minimum Gasteiger partial charge on any atom is -0.364 e. The number of para-hydroxylation sites is 1. The molecule has 5 heteroatoms. The fraction of sp³-hybridized carbons (Fsp3) is 0.556. The summed E-state index contributed by atoms with van der Waals surface area (Å²) in [6.07, 6.45) is 8.56. The number of hydrogen-bond acceptors (Lipinski definition) is 4. The summed E-state index contributed by atoms with van der Waals surface area (Å²) in [7, 11) is 0. The number of nitrogens with zero attached hydrogens (tertiary/aromatic N) is 1. The second-order valence-corrected chi connectivity index (χ2v) is 7.29. The van der Waals surface area contributed by atoms with E-state index in [0.717, 1.165) is 28.1 Å². The lowest BCUT2D eigenvalue weighted by Crippen LogP contribution is -2.37. The van der Waals surface area contributed by atoms with Crippen molar-refractivity contribution in [2.45, 2.75) is 57.6 Å². The van der Waals surface area contributed by atoms with Gasteiger partial charge in [0.1, 0.15) is 11.6 Å². The lowest BCUT2D eigenvalue weighted by Gasteiger charge is -2.20. The molecule has 1 aliphatic rings. The minimum absolute atomic E-state index is 0.00307. The van der Waals surface area contributed by atoms with Crippen LogP contribution in [0.15, 0.2) is 24.3 Å². The van der Waals surface area contributed by atoms with Crippen molar-refractivity contribution in [3.05, 3.63) is 29.3 Å². The number of amides is 1. The van der Waals surface area contributed by atoms with Crippen molar-refractivity contribution in [1.29, 1.82) is 0 Å².